The zero-order valence-electron chi connectivity index (χ0n) is 51.8. The molecule has 0 bridgehead atoms. The van der Waals surface area contributed by atoms with Crippen LogP contribution in [0.1, 0.15) is 70.9 Å². The molecule has 2 amide bonds. The standard InChI is InChI=1S/C26H33Cl2N5O4.C26H35Cl2N3O4.C18H15P/c1-33-17-23(22-15-20(27)16-25(28)24(22)18-33)19-4-2-5-21(14-19)31-26(34)6-3-8-35-10-12-37-13-11-36-9-7-30-32-29;1-31-17-23(22-15-20(27)16-25(28)24(22)18-31)19-4-2-5-21(14-19)30-26(32)6-3-8-33-10-12-35-13-11-34-9-7-29;1-4-10-16(11-5-1)19(17-12-6-2-7-13-17)18-14-8-3-9-15-18/h2,4-5,14-16,23H,3,6-13,17-18H2,1H3,(H,31,34);2,4-5,14-16,23H,3,6-13,17-18,29H2,1H3,(H,30,32);1-15H. The molecule has 21 heteroatoms. The Morgan fingerprint density at radius 1 is 0.516 bits per heavy atom. The number of halogens is 4. The van der Waals surface area contributed by atoms with Gasteiger partial charge in [-0.2, -0.15) is 0 Å². The van der Waals surface area contributed by atoms with E-state index in [-0.39, 0.29) is 23.7 Å². The fraction of sp³-hybridized carbons (Fsp3) is 0.371. The number of nitrogens with two attached hydrogens (primary N) is 1. The van der Waals surface area contributed by atoms with Gasteiger partial charge in [0.05, 0.1) is 66.1 Å². The van der Waals surface area contributed by atoms with Crippen LogP contribution in [0.15, 0.2) is 169 Å². The van der Waals surface area contributed by atoms with Gasteiger partial charge in [-0.25, -0.2) is 0 Å². The summed E-state index contributed by atoms with van der Waals surface area (Å²) in [4.78, 5) is 32.0. The van der Waals surface area contributed by atoms with Crippen molar-refractivity contribution in [1.82, 2.24) is 9.80 Å². The van der Waals surface area contributed by atoms with Gasteiger partial charge in [-0.1, -0.05) is 167 Å². The molecule has 2 heterocycles. The van der Waals surface area contributed by atoms with Crippen molar-refractivity contribution in [2.24, 2.45) is 10.8 Å². The molecule has 4 N–H and O–H groups in total. The van der Waals surface area contributed by atoms with Crippen LogP contribution in [0.25, 0.3) is 10.4 Å². The van der Waals surface area contributed by atoms with Crippen molar-refractivity contribution in [1.29, 1.82) is 0 Å². The van der Waals surface area contributed by atoms with Crippen molar-refractivity contribution in [2.45, 2.75) is 50.6 Å². The van der Waals surface area contributed by atoms with Gasteiger partial charge >= 0.3 is 0 Å². The highest BCUT2D eigenvalue weighted by Gasteiger charge is 2.29. The van der Waals surface area contributed by atoms with E-state index >= 15 is 0 Å². The van der Waals surface area contributed by atoms with Crippen molar-refractivity contribution in [3.8, 4) is 0 Å². The number of amides is 2. The third-order valence-electron chi connectivity index (χ3n) is 14.7. The van der Waals surface area contributed by atoms with E-state index < -0.39 is 7.92 Å². The number of hydrogen-bond acceptors (Lipinski definition) is 12. The van der Waals surface area contributed by atoms with Crippen LogP contribution >= 0.6 is 54.3 Å². The predicted molar refractivity (Wildman–Crippen MR) is 371 cm³/mol. The summed E-state index contributed by atoms with van der Waals surface area (Å²) < 4.78 is 32.3. The number of rotatable bonds is 32. The second kappa shape index (κ2) is 40.9. The normalized spacial score (nSPS) is 14.4. The molecular weight excluding hydrogens is 1250 g/mol. The number of nitrogens with zero attached hydrogens (tertiary/aromatic N) is 5. The van der Waals surface area contributed by atoms with Crippen LogP contribution in [0, 0.1) is 0 Å². The zero-order chi connectivity index (χ0) is 64.4. The number of nitrogens with one attached hydrogen (secondary N) is 2. The molecule has 2 atom stereocenters. The number of hydrogen-bond donors (Lipinski definition) is 3. The maximum Gasteiger partial charge on any atom is 0.224 e. The number of benzene rings is 7. The Labute approximate surface area is 557 Å². The largest absolute Gasteiger partial charge is 0.379 e. The highest BCUT2D eigenvalue weighted by atomic mass is 35.5. The Bertz CT molecular complexity index is 3270. The lowest BCUT2D eigenvalue weighted by Gasteiger charge is -2.33. The fourth-order valence-corrected chi connectivity index (χ4v) is 14.0. The van der Waals surface area contributed by atoms with Crippen molar-refractivity contribution in [3.05, 3.63) is 228 Å². The first-order valence-electron chi connectivity index (χ1n) is 30.7. The molecule has 9 rings (SSSR count). The van der Waals surface area contributed by atoms with E-state index in [0.29, 0.717) is 138 Å². The maximum absolute atomic E-state index is 12.5. The van der Waals surface area contributed by atoms with E-state index in [9.17, 15) is 9.59 Å². The summed E-state index contributed by atoms with van der Waals surface area (Å²) in [5.74, 6) is 0.148. The molecule has 0 aliphatic carbocycles. The number of carbonyl (C=O) groups excluding carboxylic acids is 2. The minimum atomic E-state index is -0.446. The molecule has 7 aromatic carbocycles. The highest BCUT2D eigenvalue weighted by Crippen LogP contribution is 2.41. The van der Waals surface area contributed by atoms with Crippen LogP contribution in [0.2, 0.25) is 20.1 Å². The van der Waals surface area contributed by atoms with Crippen molar-refractivity contribution >= 4 is 93.4 Å². The van der Waals surface area contributed by atoms with E-state index in [1.807, 2.05) is 48.5 Å². The molecule has 2 aliphatic rings. The van der Waals surface area contributed by atoms with E-state index in [1.54, 1.807) is 12.1 Å². The first-order chi connectivity index (χ1) is 44.4. The molecule has 2 unspecified atom stereocenters. The minimum absolute atomic E-state index is 0.0358. The Hall–Kier alpha value is -5.98. The number of anilines is 2. The van der Waals surface area contributed by atoms with Gasteiger partial charge in [0, 0.05) is 114 Å². The number of likely N-dealkylation sites (N-methyl/N-ethyl adjacent to an activating group) is 2. The van der Waals surface area contributed by atoms with Gasteiger partial charge in [-0.3, -0.25) is 9.59 Å². The molecule has 91 heavy (non-hydrogen) atoms. The smallest absolute Gasteiger partial charge is 0.224 e. The van der Waals surface area contributed by atoms with E-state index in [0.717, 1.165) is 70.9 Å². The van der Waals surface area contributed by atoms with Crippen LogP contribution in [-0.4, -0.2) is 141 Å². The summed E-state index contributed by atoms with van der Waals surface area (Å²) in [5, 5.41) is 16.2. The molecular formula is C70H83Cl4N8O8P. The van der Waals surface area contributed by atoms with E-state index in [1.165, 1.54) is 15.9 Å². The highest BCUT2D eigenvalue weighted by molar-refractivity contribution is 7.79. The molecule has 2 aliphatic heterocycles. The summed E-state index contributed by atoms with van der Waals surface area (Å²) in [7, 11) is 3.71. The van der Waals surface area contributed by atoms with Gasteiger partial charge in [-0.15, -0.1) is 0 Å². The second-order valence-corrected chi connectivity index (χ2v) is 25.6. The quantitative estimate of drug-likeness (QED) is 0.0119. The summed E-state index contributed by atoms with van der Waals surface area (Å²) in [5.41, 5.74) is 21.8. The molecule has 484 valence electrons. The average Bonchev–Trinajstić information content (AvgIpc) is 0.851. The SMILES string of the molecule is CN1Cc2c(Cl)cc(Cl)cc2C(c2cccc(NC(=O)CCCOCCOCCOCCN)c2)C1.CN1Cc2c(Cl)cc(Cl)cc2C(c2cccc(NC(=O)CCCOCCOCCOCCN=[N+]=[N-])c2)C1.c1ccc(P(c2ccccc2)c2ccccc2)cc1. The van der Waals surface area contributed by atoms with Crippen LogP contribution in [-0.2, 0) is 51.1 Å². The average molecular weight is 1340 g/mol. The number of azide groups is 1. The van der Waals surface area contributed by atoms with Gasteiger partial charge in [-0.05, 0) is 138 Å². The topological polar surface area (TPSA) is 195 Å². The summed E-state index contributed by atoms with van der Waals surface area (Å²) in [6.07, 6.45) is 2.01. The first kappa shape index (κ1) is 72.4. The Kier molecular flexibility index (Phi) is 32.5. The van der Waals surface area contributed by atoms with Gasteiger partial charge in [0.15, 0.2) is 0 Å². The maximum atomic E-state index is 12.5. The molecule has 0 saturated heterocycles. The Morgan fingerprint density at radius 3 is 1.27 bits per heavy atom. The fourth-order valence-electron chi connectivity index (χ4n) is 10.5. The number of fused-ring (bicyclic) bond motifs is 2. The zero-order valence-corrected chi connectivity index (χ0v) is 55.8. The number of carbonyl (C=O) groups is 2. The second-order valence-electron chi connectivity index (χ2n) is 21.7. The van der Waals surface area contributed by atoms with Crippen LogP contribution in [0.4, 0.5) is 11.4 Å². The van der Waals surface area contributed by atoms with Gasteiger partial charge in [0.1, 0.15) is 0 Å². The molecule has 0 radical (unpaired) electrons. The molecule has 0 aromatic heterocycles. The monoisotopic (exact) mass is 1330 g/mol. The molecule has 0 fully saturated rings. The third kappa shape index (κ3) is 25.1. The third-order valence-corrected chi connectivity index (χ3v) is 18.3. The molecule has 0 spiro atoms. The van der Waals surface area contributed by atoms with E-state index in [4.69, 9.17) is 86.1 Å². The van der Waals surface area contributed by atoms with Gasteiger partial charge in [0.2, 0.25) is 11.8 Å². The Morgan fingerprint density at radius 2 is 0.890 bits per heavy atom. The van der Waals surface area contributed by atoms with Crippen LogP contribution in [0.5, 0.6) is 0 Å². The lowest BCUT2D eigenvalue weighted by molar-refractivity contribution is -0.117. The van der Waals surface area contributed by atoms with Gasteiger partial charge < -0.3 is 54.6 Å². The van der Waals surface area contributed by atoms with Crippen LogP contribution < -0.4 is 32.3 Å². The summed E-state index contributed by atoms with van der Waals surface area (Å²) >= 11 is 25.6. The summed E-state index contributed by atoms with van der Waals surface area (Å²) in [6.45, 7) is 9.83. The van der Waals surface area contributed by atoms with Crippen molar-refractivity contribution in [3.63, 3.8) is 0 Å². The lowest BCUT2D eigenvalue weighted by Crippen LogP contribution is -2.31. The van der Waals surface area contributed by atoms with Crippen LogP contribution in [0.3, 0.4) is 0 Å². The lowest BCUT2D eigenvalue weighted by atomic mass is 9.84. The first-order valence-corrected chi connectivity index (χ1v) is 33.5. The molecule has 0 saturated carbocycles. The minimum Gasteiger partial charge on any atom is -0.379 e. The van der Waals surface area contributed by atoms with E-state index in [2.05, 4.69) is 148 Å². The van der Waals surface area contributed by atoms with Gasteiger partial charge in [0.25, 0.3) is 0 Å². The molecule has 7 aromatic rings. The van der Waals surface area contributed by atoms with Crippen molar-refractivity contribution < 1.29 is 38.0 Å². The Balaban J connectivity index is 0.000000203. The van der Waals surface area contributed by atoms with Crippen molar-refractivity contribution in [2.75, 3.05) is 130 Å². The number of ether oxygens (including phenoxy) is 6. The molecule has 16 nitrogen and oxygen atoms in total. The predicted octanol–water partition coefficient (Wildman–Crippen LogP) is 13.4. The summed E-state index contributed by atoms with van der Waals surface area (Å²) in [6, 6.07) is 55.9.